The van der Waals surface area contributed by atoms with Gasteiger partial charge in [-0.25, -0.2) is 0 Å². The summed E-state index contributed by atoms with van der Waals surface area (Å²) in [6, 6.07) is 10.4. The third-order valence-electron chi connectivity index (χ3n) is 0.968. The Morgan fingerprint density at radius 3 is 2.67 bits per heavy atom. The first-order valence-electron chi connectivity index (χ1n) is 2.53. The summed E-state index contributed by atoms with van der Waals surface area (Å²) in [7, 11) is 0. The number of benzene rings is 1. The maximum absolute atomic E-state index is 6.98. The topological polar surface area (TPSA) is 49.9 Å². The molecule has 2 heteroatoms. The summed E-state index contributed by atoms with van der Waals surface area (Å²) in [6.45, 7) is 0. The van der Waals surface area contributed by atoms with Crippen LogP contribution in [0.5, 0.6) is 0 Å². The van der Waals surface area contributed by atoms with Crippen LogP contribution >= 0.6 is 0 Å². The van der Waals surface area contributed by atoms with Crippen LogP contribution in [0.4, 0.5) is 0 Å². The van der Waals surface area contributed by atoms with Gasteiger partial charge in [-0.1, -0.05) is 12.1 Å². The third-order valence-corrected chi connectivity index (χ3v) is 0.968. The summed E-state index contributed by atoms with van der Waals surface area (Å²) < 4.78 is 0. The molecule has 0 saturated heterocycles. The zero-order valence-electron chi connectivity index (χ0n) is 4.81. The molecule has 0 amide bonds. The van der Waals surface area contributed by atoms with Crippen LogP contribution in [0.3, 0.4) is 0 Å². The Hall–Kier alpha value is -1.31. The van der Waals surface area contributed by atoms with E-state index in [2.05, 4.69) is 12.1 Å². The number of amidine groups is 1. The third kappa shape index (κ3) is 1.29. The minimum absolute atomic E-state index is 0.0697. The van der Waals surface area contributed by atoms with E-state index in [4.69, 9.17) is 11.1 Å². The summed E-state index contributed by atoms with van der Waals surface area (Å²) in [5, 5.41) is 6.98. The lowest BCUT2D eigenvalue weighted by Crippen LogP contribution is -2.10. The summed E-state index contributed by atoms with van der Waals surface area (Å²) in [6.07, 6.45) is 0. The Labute approximate surface area is 53.8 Å². The number of nitrogens with one attached hydrogen (secondary N) is 1. The zero-order chi connectivity index (χ0) is 6.69. The molecule has 44 valence electrons. The summed E-state index contributed by atoms with van der Waals surface area (Å²) in [5.74, 6) is 0.0697. The normalized spacial score (nSPS) is 8.89. The number of hydrogen-bond donors (Lipinski definition) is 2. The van der Waals surface area contributed by atoms with Gasteiger partial charge in [0.2, 0.25) is 0 Å². The maximum Gasteiger partial charge on any atom is 0.122 e. The minimum Gasteiger partial charge on any atom is -0.384 e. The van der Waals surface area contributed by atoms with Crippen LogP contribution < -0.4 is 5.73 Å². The number of hydrogen-bond acceptors (Lipinski definition) is 1. The molecule has 2 radical (unpaired) electrons. The first-order chi connectivity index (χ1) is 4.30. The minimum atomic E-state index is 0.0697. The predicted molar refractivity (Wildman–Crippen MR) is 35.1 cm³/mol. The Morgan fingerprint density at radius 1 is 1.56 bits per heavy atom. The average molecular weight is 118 g/mol. The molecule has 1 aromatic carbocycles. The molecule has 0 aromatic heterocycles. The van der Waals surface area contributed by atoms with Gasteiger partial charge in [0, 0.05) is 5.56 Å². The standard InChI is InChI=1S/C7H6N2/c8-7(9)6-4-2-1-3-5-6/h2,4-5H,(H3,8,9). The molecule has 0 unspecified atom stereocenters. The van der Waals surface area contributed by atoms with Gasteiger partial charge in [-0.05, 0) is 18.2 Å². The average Bonchev–Trinajstić information content (AvgIpc) is 1.90. The highest BCUT2D eigenvalue weighted by Gasteiger charge is 1.89. The van der Waals surface area contributed by atoms with Crippen LogP contribution in [-0.2, 0) is 0 Å². The Bertz CT molecular complexity index is 203. The van der Waals surface area contributed by atoms with Gasteiger partial charge in [-0.15, -0.1) is 0 Å². The van der Waals surface area contributed by atoms with E-state index in [0.29, 0.717) is 5.56 Å². The van der Waals surface area contributed by atoms with E-state index in [1.54, 1.807) is 18.2 Å². The highest BCUT2D eigenvalue weighted by molar-refractivity contribution is 5.94. The van der Waals surface area contributed by atoms with Gasteiger partial charge in [0.25, 0.3) is 0 Å². The van der Waals surface area contributed by atoms with Crippen LogP contribution in [0, 0.1) is 17.5 Å². The van der Waals surface area contributed by atoms with Crippen molar-refractivity contribution in [1.82, 2.24) is 0 Å². The Morgan fingerprint density at radius 2 is 2.33 bits per heavy atom. The van der Waals surface area contributed by atoms with Gasteiger partial charge in [-0.2, -0.15) is 0 Å². The van der Waals surface area contributed by atoms with Crippen molar-refractivity contribution in [3.63, 3.8) is 0 Å². The molecule has 0 aliphatic carbocycles. The smallest absolute Gasteiger partial charge is 0.122 e. The van der Waals surface area contributed by atoms with E-state index >= 15 is 0 Å². The lowest BCUT2D eigenvalue weighted by molar-refractivity contribution is 1.42. The maximum atomic E-state index is 6.98. The van der Waals surface area contributed by atoms with Gasteiger partial charge in [-0.3, -0.25) is 5.41 Å². The van der Waals surface area contributed by atoms with Gasteiger partial charge in [0.15, 0.2) is 0 Å². The highest BCUT2D eigenvalue weighted by Crippen LogP contribution is 1.93. The lowest BCUT2D eigenvalue weighted by atomic mass is 10.2. The molecule has 0 saturated carbocycles. The molecule has 1 aromatic rings. The molecule has 0 spiro atoms. The zero-order valence-corrected chi connectivity index (χ0v) is 4.81. The lowest BCUT2D eigenvalue weighted by Gasteiger charge is -1.92. The first-order valence-corrected chi connectivity index (χ1v) is 2.53. The van der Waals surface area contributed by atoms with Gasteiger partial charge in [0.1, 0.15) is 5.84 Å². The van der Waals surface area contributed by atoms with Crippen molar-refractivity contribution in [2.24, 2.45) is 5.73 Å². The molecule has 2 nitrogen and oxygen atoms in total. The van der Waals surface area contributed by atoms with Crippen molar-refractivity contribution in [3.05, 3.63) is 35.9 Å². The van der Waals surface area contributed by atoms with Crippen molar-refractivity contribution in [2.75, 3.05) is 0 Å². The molecule has 1 rings (SSSR count). The molecule has 0 aliphatic rings. The van der Waals surface area contributed by atoms with Crippen LogP contribution in [0.25, 0.3) is 0 Å². The van der Waals surface area contributed by atoms with Crippen LogP contribution in [-0.4, -0.2) is 5.84 Å². The van der Waals surface area contributed by atoms with E-state index in [-0.39, 0.29) is 5.84 Å². The molecular weight excluding hydrogens is 112 g/mol. The second-order valence-corrected chi connectivity index (χ2v) is 1.64. The van der Waals surface area contributed by atoms with E-state index in [0.717, 1.165) is 0 Å². The molecule has 0 bridgehead atoms. The van der Waals surface area contributed by atoms with Gasteiger partial charge >= 0.3 is 0 Å². The second kappa shape index (κ2) is 2.31. The fourth-order valence-corrected chi connectivity index (χ4v) is 0.515. The van der Waals surface area contributed by atoms with E-state index in [1.807, 2.05) is 0 Å². The number of rotatable bonds is 1. The predicted octanol–water partition coefficient (Wildman–Crippen LogP) is 0.571. The van der Waals surface area contributed by atoms with E-state index in [9.17, 15) is 0 Å². The molecule has 0 aliphatic heterocycles. The van der Waals surface area contributed by atoms with Crippen molar-refractivity contribution >= 4 is 5.84 Å². The Kier molecular flexibility index (Phi) is 1.49. The first kappa shape index (κ1) is 5.82. The van der Waals surface area contributed by atoms with E-state index in [1.165, 1.54) is 0 Å². The SMILES string of the molecule is N=C(N)c1c[c][c]cc1. The highest BCUT2D eigenvalue weighted by atomic mass is 14.7. The quantitative estimate of drug-likeness (QED) is 0.411. The fourth-order valence-electron chi connectivity index (χ4n) is 0.515. The van der Waals surface area contributed by atoms with Crippen LogP contribution in [0.2, 0.25) is 0 Å². The second-order valence-electron chi connectivity index (χ2n) is 1.64. The van der Waals surface area contributed by atoms with Gasteiger partial charge in [0.05, 0.1) is 0 Å². The van der Waals surface area contributed by atoms with Crippen molar-refractivity contribution in [3.8, 4) is 0 Å². The molecule has 3 N–H and O–H groups in total. The molecule has 0 heterocycles. The molecule has 9 heavy (non-hydrogen) atoms. The molecule has 0 atom stereocenters. The number of nitrogen functional groups attached to an aromatic ring is 1. The molecule has 0 fully saturated rings. The van der Waals surface area contributed by atoms with Crippen molar-refractivity contribution in [2.45, 2.75) is 0 Å². The monoisotopic (exact) mass is 118 g/mol. The van der Waals surface area contributed by atoms with Gasteiger partial charge < -0.3 is 5.73 Å². The largest absolute Gasteiger partial charge is 0.384 e. The van der Waals surface area contributed by atoms with Crippen molar-refractivity contribution < 1.29 is 0 Å². The summed E-state index contributed by atoms with van der Waals surface area (Å²) >= 11 is 0. The number of nitrogens with two attached hydrogens (primary N) is 1. The van der Waals surface area contributed by atoms with Crippen molar-refractivity contribution in [1.29, 1.82) is 5.41 Å². The molecular formula is C7H6N2. The van der Waals surface area contributed by atoms with Crippen LogP contribution in [0.15, 0.2) is 18.2 Å². The Balaban J connectivity index is 2.98. The van der Waals surface area contributed by atoms with E-state index < -0.39 is 0 Å². The fraction of sp³-hybridized carbons (Fsp3) is 0. The summed E-state index contributed by atoms with van der Waals surface area (Å²) in [5.41, 5.74) is 5.85. The van der Waals surface area contributed by atoms with Crippen LogP contribution in [0.1, 0.15) is 5.56 Å². The summed E-state index contributed by atoms with van der Waals surface area (Å²) in [4.78, 5) is 0.